The summed E-state index contributed by atoms with van der Waals surface area (Å²) in [5.41, 5.74) is 3.23. The molecule has 0 saturated carbocycles. The van der Waals surface area contributed by atoms with Crippen molar-refractivity contribution in [3.63, 3.8) is 0 Å². The highest BCUT2D eigenvalue weighted by Gasteiger charge is 2.42. The van der Waals surface area contributed by atoms with Crippen LogP contribution in [0.1, 0.15) is 33.0 Å². The second-order valence-electron chi connectivity index (χ2n) is 6.44. The number of ketones is 1. The molecule has 0 amide bonds. The van der Waals surface area contributed by atoms with Crippen LogP contribution in [0.4, 0.5) is 0 Å². The monoisotopic (exact) mass is 342 g/mol. The molecule has 0 fully saturated rings. The number of hydrogen-bond acceptors (Lipinski definition) is 4. The maximum atomic E-state index is 13.1. The Morgan fingerprint density at radius 2 is 1.54 bits per heavy atom. The van der Waals surface area contributed by atoms with Crippen LogP contribution in [0.15, 0.2) is 72.3 Å². The van der Waals surface area contributed by atoms with E-state index in [4.69, 9.17) is 4.74 Å². The van der Waals surface area contributed by atoms with E-state index in [1.54, 1.807) is 6.07 Å². The summed E-state index contributed by atoms with van der Waals surface area (Å²) < 4.78 is 6.00. The Kier molecular flexibility index (Phi) is 2.97. The Hall–Kier alpha value is -3.53. The molecule has 2 aliphatic rings. The van der Waals surface area contributed by atoms with E-state index in [2.05, 4.69) is 0 Å². The van der Waals surface area contributed by atoms with Gasteiger partial charge in [-0.2, -0.15) is 0 Å². The minimum atomic E-state index is -0.463. The van der Waals surface area contributed by atoms with Gasteiger partial charge >= 0.3 is 0 Å². The zero-order valence-corrected chi connectivity index (χ0v) is 13.6. The highest BCUT2D eigenvalue weighted by molar-refractivity contribution is 6.21. The molecule has 0 aromatic heterocycles. The number of carbonyl (C=O) groups excluding carboxylic acids is 1. The van der Waals surface area contributed by atoms with Crippen LogP contribution >= 0.6 is 0 Å². The number of aromatic hydroxyl groups is 2. The van der Waals surface area contributed by atoms with E-state index in [-0.39, 0.29) is 17.3 Å². The molecule has 0 saturated heterocycles. The normalized spacial score (nSPS) is 17.4. The van der Waals surface area contributed by atoms with Crippen LogP contribution in [0, 0.1) is 0 Å². The molecule has 1 aliphatic heterocycles. The maximum absolute atomic E-state index is 13.1. The second kappa shape index (κ2) is 5.23. The van der Waals surface area contributed by atoms with E-state index in [1.165, 1.54) is 12.1 Å². The van der Waals surface area contributed by atoms with Gasteiger partial charge in [0.1, 0.15) is 23.0 Å². The molecule has 4 nitrogen and oxygen atoms in total. The molecule has 5 rings (SSSR count). The van der Waals surface area contributed by atoms with Crippen molar-refractivity contribution in [3.05, 3.63) is 94.6 Å². The van der Waals surface area contributed by atoms with Crippen LogP contribution in [-0.2, 0) is 0 Å². The third-order valence-electron chi connectivity index (χ3n) is 4.93. The molecule has 0 radical (unpaired) electrons. The summed E-state index contributed by atoms with van der Waals surface area (Å²) in [6, 6.07) is 19.6. The molecule has 1 atom stereocenters. The van der Waals surface area contributed by atoms with Crippen molar-refractivity contribution >= 4 is 11.5 Å². The van der Waals surface area contributed by atoms with Crippen molar-refractivity contribution in [3.8, 4) is 17.2 Å². The molecule has 1 heterocycles. The SMILES string of the molecule is O=C1C2=C(Oc3cc(O)cc(O)c3C2c2ccccc2)c2ccccc21. The first-order valence-corrected chi connectivity index (χ1v) is 8.32. The fraction of sp³-hybridized carbons (Fsp3) is 0.0455. The molecule has 0 spiro atoms. The molecule has 3 aromatic carbocycles. The van der Waals surface area contributed by atoms with Crippen LogP contribution in [0.3, 0.4) is 0 Å². The standard InChI is InChI=1S/C22H14O4/c23-13-10-16(24)19-17(11-13)26-22-15-9-5-4-8-14(15)21(25)20(22)18(19)12-6-2-1-3-7-12/h1-11,18,23-24H. The molecule has 26 heavy (non-hydrogen) atoms. The number of phenolic OH excluding ortho intramolecular Hbond substituents is 2. The number of benzene rings is 3. The first-order valence-electron chi connectivity index (χ1n) is 8.32. The molecule has 2 N–H and O–H groups in total. The van der Waals surface area contributed by atoms with E-state index in [9.17, 15) is 15.0 Å². The fourth-order valence-electron chi connectivity index (χ4n) is 3.85. The molecule has 0 bridgehead atoms. The zero-order chi connectivity index (χ0) is 17.8. The lowest BCUT2D eigenvalue weighted by atomic mass is 9.81. The van der Waals surface area contributed by atoms with Crippen LogP contribution in [0.5, 0.6) is 17.2 Å². The summed E-state index contributed by atoms with van der Waals surface area (Å²) >= 11 is 0. The van der Waals surface area contributed by atoms with Gasteiger partial charge in [0.05, 0.1) is 5.57 Å². The first kappa shape index (κ1) is 14.8. The first-order chi connectivity index (χ1) is 12.6. The van der Waals surface area contributed by atoms with Gasteiger partial charge in [-0.1, -0.05) is 54.6 Å². The predicted molar refractivity (Wildman–Crippen MR) is 96.4 cm³/mol. The molecule has 4 heteroatoms. The largest absolute Gasteiger partial charge is 0.508 e. The molecule has 1 unspecified atom stereocenters. The van der Waals surface area contributed by atoms with E-state index in [0.717, 1.165) is 11.1 Å². The van der Waals surface area contributed by atoms with E-state index in [0.29, 0.717) is 28.2 Å². The number of hydrogen-bond donors (Lipinski definition) is 2. The fourth-order valence-corrected chi connectivity index (χ4v) is 3.85. The van der Waals surface area contributed by atoms with Gasteiger partial charge in [-0.15, -0.1) is 0 Å². The number of carbonyl (C=O) groups is 1. The van der Waals surface area contributed by atoms with Gasteiger partial charge in [-0.3, -0.25) is 4.79 Å². The highest BCUT2D eigenvalue weighted by atomic mass is 16.5. The van der Waals surface area contributed by atoms with Gasteiger partial charge in [-0.05, 0) is 5.56 Å². The lowest BCUT2D eigenvalue weighted by molar-refractivity contribution is 0.103. The number of ether oxygens (including phenoxy) is 1. The smallest absolute Gasteiger partial charge is 0.194 e. The minimum Gasteiger partial charge on any atom is -0.508 e. The predicted octanol–water partition coefficient (Wildman–Crippen LogP) is 4.23. The quantitative estimate of drug-likeness (QED) is 0.694. The molecular weight excluding hydrogens is 328 g/mol. The molecule has 1 aliphatic carbocycles. The van der Waals surface area contributed by atoms with E-state index >= 15 is 0 Å². The summed E-state index contributed by atoms with van der Waals surface area (Å²) in [5.74, 6) is 0.119. The Labute approximate surface area is 149 Å². The van der Waals surface area contributed by atoms with Gasteiger partial charge in [-0.25, -0.2) is 0 Å². The van der Waals surface area contributed by atoms with Gasteiger partial charge in [0.15, 0.2) is 5.78 Å². The average Bonchev–Trinajstić information content (AvgIpc) is 2.93. The number of phenols is 2. The zero-order valence-electron chi connectivity index (χ0n) is 13.6. The van der Waals surface area contributed by atoms with E-state index < -0.39 is 5.92 Å². The second-order valence-corrected chi connectivity index (χ2v) is 6.44. The number of Topliss-reactive ketones (excluding diaryl/α,β-unsaturated/α-hetero) is 1. The van der Waals surface area contributed by atoms with Crippen LogP contribution in [-0.4, -0.2) is 16.0 Å². The molecule has 3 aromatic rings. The Morgan fingerprint density at radius 1 is 0.846 bits per heavy atom. The van der Waals surface area contributed by atoms with Crippen molar-refractivity contribution in [2.45, 2.75) is 5.92 Å². The maximum Gasteiger partial charge on any atom is 0.194 e. The minimum absolute atomic E-state index is 0.0882. The summed E-state index contributed by atoms with van der Waals surface area (Å²) in [6.45, 7) is 0. The Balaban J connectivity index is 1.83. The van der Waals surface area contributed by atoms with Crippen LogP contribution in [0.2, 0.25) is 0 Å². The van der Waals surface area contributed by atoms with Gasteiger partial charge in [0, 0.05) is 34.7 Å². The van der Waals surface area contributed by atoms with Crippen LogP contribution in [0.25, 0.3) is 5.76 Å². The third kappa shape index (κ3) is 1.93. The molecular formula is C22H14O4. The van der Waals surface area contributed by atoms with Gasteiger partial charge < -0.3 is 14.9 Å². The number of fused-ring (bicyclic) bond motifs is 3. The van der Waals surface area contributed by atoms with Crippen molar-refractivity contribution in [2.75, 3.05) is 0 Å². The third-order valence-corrected chi connectivity index (χ3v) is 4.93. The Bertz CT molecular complexity index is 1100. The lowest BCUT2D eigenvalue weighted by Gasteiger charge is -2.28. The number of rotatable bonds is 1. The summed E-state index contributed by atoms with van der Waals surface area (Å²) in [5, 5.41) is 20.4. The van der Waals surface area contributed by atoms with E-state index in [1.807, 2.05) is 48.5 Å². The van der Waals surface area contributed by atoms with Gasteiger partial charge in [0.25, 0.3) is 0 Å². The van der Waals surface area contributed by atoms with Crippen molar-refractivity contribution < 1.29 is 19.7 Å². The topological polar surface area (TPSA) is 66.8 Å². The average molecular weight is 342 g/mol. The summed E-state index contributed by atoms with van der Waals surface area (Å²) in [7, 11) is 0. The van der Waals surface area contributed by atoms with Crippen molar-refractivity contribution in [1.82, 2.24) is 0 Å². The number of allylic oxidation sites excluding steroid dienone is 1. The van der Waals surface area contributed by atoms with Crippen LogP contribution < -0.4 is 4.74 Å². The highest BCUT2D eigenvalue weighted by Crippen LogP contribution is 2.53. The lowest BCUT2D eigenvalue weighted by Crippen LogP contribution is -2.17. The van der Waals surface area contributed by atoms with Crippen molar-refractivity contribution in [2.24, 2.45) is 0 Å². The summed E-state index contributed by atoms with van der Waals surface area (Å²) in [4.78, 5) is 13.1. The molecule has 126 valence electrons. The summed E-state index contributed by atoms with van der Waals surface area (Å²) in [6.07, 6.45) is 0. The Morgan fingerprint density at radius 3 is 2.31 bits per heavy atom. The van der Waals surface area contributed by atoms with Crippen molar-refractivity contribution in [1.29, 1.82) is 0 Å². The van der Waals surface area contributed by atoms with Gasteiger partial charge in [0.2, 0.25) is 0 Å².